The first-order valence-corrected chi connectivity index (χ1v) is 16.0. The highest BCUT2D eigenvalue weighted by molar-refractivity contribution is 7.89. The fraction of sp³-hybridized carbons (Fsp3) is 0.552. The molecule has 1 saturated carbocycles. The Hall–Kier alpha value is -3.02. The number of carbonyl (C=O) groups is 2. The summed E-state index contributed by atoms with van der Waals surface area (Å²) < 4.78 is 23.4. The second kappa shape index (κ2) is 11.8. The fourth-order valence-electron chi connectivity index (χ4n) is 6.47. The van der Waals surface area contributed by atoms with Crippen LogP contribution in [0.2, 0.25) is 0 Å². The van der Waals surface area contributed by atoms with Crippen LogP contribution in [0.15, 0.2) is 36.5 Å². The van der Waals surface area contributed by atoms with E-state index in [1.807, 2.05) is 53.3 Å². The number of anilines is 4. The van der Waals surface area contributed by atoms with Gasteiger partial charge in [-0.1, -0.05) is 25.8 Å². The lowest BCUT2D eigenvalue weighted by Crippen LogP contribution is -2.49. The molecule has 1 aromatic heterocycles. The number of amides is 1. The molecule has 40 heavy (non-hydrogen) atoms. The summed E-state index contributed by atoms with van der Waals surface area (Å²) in [6, 6.07) is 10.1. The molecule has 3 heterocycles. The quantitative estimate of drug-likeness (QED) is 0.442. The normalized spacial score (nSPS) is 21.9. The largest absolute Gasteiger partial charge is 0.368 e. The Bertz CT molecular complexity index is 1340. The van der Waals surface area contributed by atoms with Crippen LogP contribution in [0.1, 0.15) is 57.4 Å². The number of primary sulfonamides is 1. The van der Waals surface area contributed by atoms with Gasteiger partial charge in [0.05, 0.1) is 17.6 Å². The number of benzene rings is 1. The van der Waals surface area contributed by atoms with E-state index in [0.717, 1.165) is 74.5 Å². The molecule has 2 fully saturated rings. The van der Waals surface area contributed by atoms with Crippen LogP contribution in [0.4, 0.5) is 22.9 Å². The van der Waals surface area contributed by atoms with Crippen LogP contribution in [0, 0.1) is 5.92 Å². The molecule has 3 N–H and O–H groups in total. The second-order valence-corrected chi connectivity index (χ2v) is 13.0. The van der Waals surface area contributed by atoms with Gasteiger partial charge < -0.3 is 20.0 Å². The van der Waals surface area contributed by atoms with E-state index >= 15 is 0 Å². The number of carbonyl (C=O) groups excluding carboxylic acids is 2. The van der Waals surface area contributed by atoms with E-state index in [1.54, 1.807) is 0 Å². The zero-order valence-corrected chi connectivity index (χ0v) is 24.2. The number of nitrogens with two attached hydrogens (primary N) is 1. The molecule has 2 atom stereocenters. The van der Waals surface area contributed by atoms with Crippen molar-refractivity contribution in [2.45, 2.75) is 57.9 Å². The summed E-state index contributed by atoms with van der Waals surface area (Å²) in [4.78, 5) is 37.2. The maximum absolute atomic E-state index is 13.7. The summed E-state index contributed by atoms with van der Waals surface area (Å²) in [6.07, 6.45) is 6.15. The van der Waals surface area contributed by atoms with Gasteiger partial charge >= 0.3 is 0 Å². The van der Waals surface area contributed by atoms with Gasteiger partial charge in [0, 0.05) is 56.1 Å². The fourth-order valence-corrected chi connectivity index (χ4v) is 7.00. The summed E-state index contributed by atoms with van der Waals surface area (Å²) in [7, 11) is -3.61. The molecule has 5 rings (SSSR count). The topological polar surface area (TPSA) is 129 Å². The Labute approximate surface area is 237 Å². The standard InChI is InChI=1S/C29H40N6O4S/c1-20-25-10-8-23(18-26(25)35(22-6-3-4-7-22)29(37)28(20)21(2)36)34(14-5-17-40(30,38)39)27-11-9-24(19-32-27)33-15-12-31-13-16-33/h8-11,18-20,22,28,31H,3-7,12-17H2,1-2H3,(H2,30,38,39). The van der Waals surface area contributed by atoms with Crippen LogP contribution in [0.3, 0.4) is 0 Å². The minimum atomic E-state index is -3.61. The molecule has 0 bridgehead atoms. The number of pyridine rings is 1. The van der Waals surface area contributed by atoms with Crippen molar-refractivity contribution in [1.82, 2.24) is 10.3 Å². The van der Waals surface area contributed by atoms with Crippen molar-refractivity contribution in [3.8, 4) is 0 Å². The highest BCUT2D eigenvalue weighted by Crippen LogP contribution is 2.45. The highest BCUT2D eigenvalue weighted by atomic mass is 32.2. The number of piperazine rings is 1. The molecule has 216 valence electrons. The van der Waals surface area contributed by atoms with E-state index in [9.17, 15) is 18.0 Å². The molecule has 1 aromatic carbocycles. The van der Waals surface area contributed by atoms with Crippen LogP contribution < -0.4 is 25.2 Å². The van der Waals surface area contributed by atoms with Crippen molar-refractivity contribution in [3.63, 3.8) is 0 Å². The number of sulfonamides is 1. The summed E-state index contributed by atoms with van der Waals surface area (Å²) in [6.45, 7) is 7.52. The van der Waals surface area contributed by atoms with Crippen molar-refractivity contribution < 1.29 is 18.0 Å². The predicted molar refractivity (Wildman–Crippen MR) is 158 cm³/mol. The van der Waals surface area contributed by atoms with E-state index in [-0.39, 0.29) is 29.4 Å². The van der Waals surface area contributed by atoms with Crippen molar-refractivity contribution in [3.05, 3.63) is 42.1 Å². The molecule has 1 aliphatic carbocycles. The summed E-state index contributed by atoms with van der Waals surface area (Å²) >= 11 is 0. The van der Waals surface area contributed by atoms with Crippen molar-refractivity contribution in [1.29, 1.82) is 0 Å². The van der Waals surface area contributed by atoms with Crippen molar-refractivity contribution in [2.75, 3.05) is 53.2 Å². The van der Waals surface area contributed by atoms with Crippen LogP contribution >= 0.6 is 0 Å². The lowest BCUT2D eigenvalue weighted by Gasteiger charge is -2.41. The monoisotopic (exact) mass is 568 g/mol. The summed E-state index contributed by atoms with van der Waals surface area (Å²) in [5.74, 6) is -0.568. The van der Waals surface area contributed by atoms with Gasteiger partial charge in [-0.15, -0.1) is 0 Å². The molecule has 3 aliphatic rings. The van der Waals surface area contributed by atoms with Crippen LogP contribution in [0.25, 0.3) is 0 Å². The van der Waals surface area contributed by atoms with Gasteiger partial charge in [0.2, 0.25) is 15.9 Å². The number of nitrogens with zero attached hydrogens (tertiary/aromatic N) is 4. The minimum Gasteiger partial charge on any atom is -0.368 e. The van der Waals surface area contributed by atoms with Gasteiger partial charge in [-0.2, -0.15) is 0 Å². The molecule has 1 amide bonds. The third-order valence-corrected chi connectivity index (χ3v) is 9.37. The number of hydrogen-bond acceptors (Lipinski definition) is 8. The third-order valence-electron chi connectivity index (χ3n) is 8.51. The van der Waals surface area contributed by atoms with E-state index in [2.05, 4.69) is 10.2 Å². The Morgan fingerprint density at radius 2 is 1.88 bits per heavy atom. The first-order chi connectivity index (χ1) is 19.1. The number of aromatic nitrogens is 1. The molecular weight excluding hydrogens is 528 g/mol. The maximum Gasteiger partial charge on any atom is 0.238 e. The number of nitrogens with one attached hydrogen (secondary N) is 1. The number of ketones is 1. The van der Waals surface area contributed by atoms with Gasteiger partial charge in [0.15, 0.2) is 0 Å². The molecule has 0 spiro atoms. The Kier molecular flexibility index (Phi) is 8.44. The number of fused-ring (bicyclic) bond motifs is 1. The molecule has 0 radical (unpaired) electrons. The lowest BCUT2D eigenvalue weighted by molar-refractivity contribution is -0.132. The Balaban J connectivity index is 1.52. The Morgan fingerprint density at radius 3 is 2.50 bits per heavy atom. The van der Waals surface area contributed by atoms with Gasteiger partial charge in [-0.25, -0.2) is 18.5 Å². The van der Waals surface area contributed by atoms with E-state index < -0.39 is 15.9 Å². The maximum atomic E-state index is 13.7. The smallest absolute Gasteiger partial charge is 0.238 e. The van der Waals surface area contributed by atoms with Crippen LogP contribution in [-0.2, 0) is 19.6 Å². The summed E-state index contributed by atoms with van der Waals surface area (Å²) in [5.41, 5.74) is 3.69. The number of Topliss-reactive ketones (excluding diaryl/α,β-unsaturated/α-hetero) is 1. The molecule has 1 saturated heterocycles. The number of hydrogen-bond donors (Lipinski definition) is 2. The second-order valence-electron chi connectivity index (χ2n) is 11.3. The minimum absolute atomic E-state index is 0.0723. The first kappa shape index (κ1) is 28.5. The Morgan fingerprint density at radius 1 is 1.15 bits per heavy atom. The van der Waals surface area contributed by atoms with Crippen LogP contribution in [-0.4, -0.2) is 69.6 Å². The molecule has 2 aromatic rings. The van der Waals surface area contributed by atoms with Crippen LogP contribution in [0.5, 0.6) is 0 Å². The zero-order chi connectivity index (χ0) is 28.4. The van der Waals surface area contributed by atoms with E-state index in [1.165, 1.54) is 6.92 Å². The van der Waals surface area contributed by atoms with E-state index in [0.29, 0.717) is 18.8 Å². The van der Waals surface area contributed by atoms with Gasteiger partial charge in [-0.05, 0) is 56.0 Å². The van der Waals surface area contributed by atoms with Gasteiger partial charge in [0.1, 0.15) is 17.5 Å². The average molecular weight is 569 g/mol. The van der Waals surface area contributed by atoms with Gasteiger partial charge in [0.25, 0.3) is 0 Å². The lowest BCUT2D eigenvalue weighted by atomic mass is 9.79. The molecule has 2 aliphatic heterocycles. The molecule has 10 nitrogen and oxygen atoms in total. The van der Waals surface area contributed by atoms with Crippen molar-refractivity contribution in [2.24, 2.45) is 11.1 Å². The van der Waals surface area contributed by atoms with Crippen molar-refractivity contribution >= 4 is 44.6 Å². The highest BCUT2D eigenvalue weighted by Gasteiger charge is 2.44. The molecular formula is C29H40N6O4S. The molecule has 11 heteroatoms. The van der Waals surface area contributed by atoms with E-state index in [4.69, 9.17) is 10.1 Å². The zero-order valence-electron chi connectivity index (χ0n) is 23.4. The SMILES string of the molecule is CC(=O)C1C(=O)N(C2CCCC2)c2cc(N(CCCS(N)(=O)=O)c3ccc(N4CCNCC4)cn3)ccc2C1C. The summed E-state index contributed by atoms with van der Waals surface area (Å²) in [5, 5.41) is 8.66. The van der Waals surface area contributed by atoms with Gasteiger partial charge in [-0.3, -0.25) is 9.59 Å². The molecule has 2 unspecified atom stereocenters. The number of rotatable bonds is 9. The average Bonchev–Trinajstić information content (AvgIpc) is 3.45. The first-order valence-electron chi connectivity index (χ1n) is 14.3. The third kappa shape index (κ3) is 6.01. The predicted octanol–water partition coefficient (Wildman–Crippen LogP) is 2.91.